The van der Waals surface area contributed by atoms with Crippen LogP contribution in [0, 0.1) is 0 Å². The Bertz CT molecular complexity index is 2330. The lowest BCUT2D eigenvalue weighted by Crippen LogP contribution is -2.15. The van der Waals surface area contributed by atoms with Gasteiger partial charge in [0.2, 0.25) is 5.95 Å². The topological polar surface area (TPSA) is 43.6 Å². The van der Waals surface area contributed by atoms with Gasteiger partial charge in [0.15, 0.2) is 11.6 Å². The van der Waals surface area contributed by atoms with Gasteiger partial charge in [0.1, 0.15) is 0 Å². The Morgan fingerprint density at radius 3 is 1.89 bits per heavy atom. The smallest absolute Gasteiger partial charge is 0.238 e. The number of hydrogen-bond donors (Lipinski definition) is 0. The van der Waals surface area contributed by atoms with Gasteiger partial charge >= 0.3 is 0 Å². The van der Waals surface area contributed by atoms with Crippen LogP contribution in [0.5, 0.6) is 0 Å². The maximum Gasteiger partial charge on any atom is 0.238 e. The van der Waals surface area contributed by atoms with Crippen LogP contribution in [-0.4, -0.2) is 19.5 Å². The van der Waals surface area contributed by atoms with E-state index in [2.05, 4.69) is 115 Å². The van der Waals surface area contributed by atoms with Crippen molar-refractivity contribution in [1.82, 2.24) is 19.5 Å². The van der Waals surface area contributed by atoms with E-state index in [4.69, 9.17) is 15.0 Å². The van der Waals surface area contributed by atoms with Crippen LogP contribution < -0.4 is 0 Å². The van der Waals surface area contributed by atoms with E-state index < -0.39 is 0 Å². The third-order valence-electron chi connectivity index (χ3n) is 9.16. The Kier molecular flexibility index (Phi) is 5.68. The Labute approximate surface area is 265 Å². The van der Waals surface area contributed by atoms with E-state index >= 15 is 0 Å². The number of hydrogen-bond acceptors (Lipinski definition) is 4. The number of para-hydroxylation sites is 1. The molecule has 0 N–H and O–H groups in total. The molecule has 0 spiro atoms. The fraction of sp³-hybridized carbons (Fsp3) is 0.0750. The minimum absolute atomic E-state index is 0.170. The minimum atomic E-state index is -0.170. The molecule has 45 heavy (non-hydrogen) atoms. The maximum atomic E-state index is 5.12. The van der Waals surface area contributed by atoms with Crippen molar-refractivity contribution in [2.75, 3.05) is 0 Å². The van der Waals surface area contributed by atoms with E-state index in [-0.39, 0.29) is 5.41 Å². The molecule has 0 radical (unpaired) electrons. The van der Waals surface area contributed by atoms with Gasteiger partial charge in [-0.25, -0.2) is 4.98 Å². The van der Waals surface area contributed by atoms with Crippen LogP contribution in [0.25, 0.3) is 72.1 Å². The normalized spacial score (nSPS) is 13.3. The summed E-state index contributed by atoms with van der Waals surface area (Å²) in [6.07, 6.45) is 0. The second kappa shape index (κ2) is 9.81. The van der Waals surface area contributed by atoms with Gasteiger partial charge in [0.25, 0.3) is 0 Å². The van der Waals surface area contributed by atoms with Gasteiger partial charge in [-0.2, -0.15) is 9.97 Å². The summed E-state index contributed by atoms with van der Waals surface area (Å²) in [6, 6.07) is 45.0. The van der Waals surface area contributed by atoms with Crippen LogP contribution >= 0.6 is 11.3 Å². The minimum Gasteiger partial charge on any atom is -0.278 e. The summed E-state index contributed by atoms with van der Waals surface area (Å²) < 4.78 is 2.22. The van der Waals surface area contributed by atoms with Gasteiger partial charge in [-0.15, -0.1) is 11.3 Å². The molecule has 0 aliphatic heterocycles. The van der Waals surface area contributed by atoms with E-state index in [9.17, 15) is 0 Å². The van der Waals surface area contributed by atoms with Crippen LogP contribution in [-0.2, 0) is 5.41 Å². The Hall–Kier alpha value is -5.39. The first kappa shape index (κ1) is 26.1. The molecule has 5 heteroatoms. The first-order chi connectivity index (χ1) is 22.1. The largest absolute Gasteiger partial charge is 0.278 e. The number of thiophene rings is 1. The van der Waals surface area contributed by atoms with Crippen LogP contribution in [0.2, 0.25) is 0 Å². The Morgan fingerprint density at radius 1 is 0.533 bits per heavy atom. The molecule has 4 nitrogen and oxygen atoms in total. The van der Waals surface area contributed by atoms with Gasteiger partial charge in [0.05, 0.1) is 11.0 Å². The molecule has 214 valence electrons. The summed E-state index contributed by atoms with van der Waals surface area (Å²) in [7, 11) is 0. The highest BCUT2D eigenvalue weighted by Crippen LogP contribution is 2.52. The second-order valence-corrected chi connectivity index (χ2v) is 13.1. The molecule has 8 aromatic rings. The molecule has 0 saturated carbocycles. The first-order valence-electron chi connectivity index (χ1n) is 15.2. The molecule has 1 aliphatic carbocycles. The number of fused-ring (bicyclic) bond motifs is 6. The molecular weight excluding hydrogens is 569 g/mol. The molecule has 0 fully saturated rings. The monoisotopic (exact) mass is 596 g/mol. The third kappa shape index (κ3) is 4.01. The molecule has 3 aromatic heterocycles. The van der Waals surface area contributed by atoms with E-state index in [1.807, 2.05) is 36.4 Å². The van der Waals surface area contributed by atoms with Gasteiger partial charge < -0.3 is 0 Å². The average molecular weight is 597 g/mol. The number of nitrogens with zero attached hydrogens (tertiary/aromatic N) is 4. The first-order valence-corrected chi connectivity index (χ1v) is 16.1. The van der Waals surface area contributed by atoms with E-state index in [0.29, 0.717) is 17.6 Å². The predicted molar refractivity (Wildman–Crippen MR) is 186 cm³/mol. The lowest BCUT2D eigenvalue weighted by molar-refractivity contribution is 0.661. The summed E-state index contributed by atoms with van der Waals surface area (Å²) in [5.74, 6) is 1.92. The number of benzene rings is 5. The average Bonchev–Trinajstić information content (AvgIpc) is 3.79. The lowest BCUT2D eigenvalue weighted by Gasteiger charge is -2.22. The number of aromatic nitrogens is 4. The van der Waals surface area contributed by atoms with Crippen LogP contribution in [0.4, 0.5) is 0 Å². The molecule has 0 atom stereocenters. The van der Waals surface area contributed by atoms with Crippen molar-refractivity contribution < 1.29 is 0 Å². The molecule has 0 bridgehead atoms. The summed E-state index contributed by atoms with van der Waals surface area (Å²) in [4.78, 5) is 16.5. The summed E-state index contributed by atoms with van der Waals surface area (Å²) >= 11 is 1.79. The molecule has 3 heterocycles. The Morgan fingerprint density at radius 2 is 1.20 bits per heavy atom. The summed E-state index contributed by atoms with van der Waals surface area (Å²) in [5, 5.41) is 4.52. The maximum absolute atomic E-state index is 5.12. The SMILES string of the molecule is CC1(C)c2cc(-c3cccs3)ccc2-c2cc3c4ccccc4n(-c4nc(-c5ccccc5)nc(-c5ccccc5)n4)c3cc21. The van der Waals surface area contributed by atoms with Gasteiger partial charge in [-0.1, -0.05) is 111 Å². The lowest BCUT2D eigenvalue weighted by atomic mass is 9.81. The molecule has 1 aliphatic rings. The van der Waals surface area contributed by atoms with Crippen LogP contribution in [0.1, 0.15) is 25.0 Å². The van der Waals surface area contributed by atoms with Crippen LogP contribution in [0.15, 0.2) is 133 Å². The van der Waals surface area contributed by atoms with Crippen molar-refractivity contribution in [2.45, 2.75) is 19.3 Å². The highest BCUT2D eigenvalue weighted by molar-refractivity contribution is 7.13. The quantitative estimate of drug-likeness (QED) is 0.203. The molecule has 0 saturated heterocycles. The van der Waals surface area contributed by atoms with Crippen molar-refractivity contribution in [3.8, 4) is 50.3 Å². The summed E-state index contributed by atoms with van der Waals surface area (Å²) in [5.41, 5.74) is 10.5. The third-order valence-corrected chi connectivity index (χ3v) is 10.1. The fourth-order valence-electron chi connectivity index (χ4n) is 6.91. The van der Waals surface area contributed by atoms with Gasteiger partial charge in [-0.05, 0) is 63.5 Å². The van der Waals surface area contributed by atoms with E-state index in [0.717, 1.165) is 22.2 Å². The zero-order valence-electron chi connectivity index (χ0n) is 24.9. The molecule has 5 aromatic carbocycles. The summed E-state index contributed by atoms with van der Waals surface area (Å²) in [6.45, 7) is 4.69. The van der Waals surface area contributed by atoms with Crippen molar-refractivity contribution in [3.63, 3.8) is 0 Å². The van der Waals surface area contributed by atoms with E-state index in [1.165, 1.54) is 43.5 Å². The molecular formula is C40H28N4S. The highest BCUT2D eigenvalue weighted by Gasteiger charge is 2.37. The zero-order chi connectivity index (χ0) is 30.1. The molecule has 0 amide bonds. The predicted octanol–water partition coefficient (Wildman–Crippen LogP) is 10.3. The van der Waals surface area contributed by atoms with Crippen molar-refractivity contribution in [2.24, 2.45) is 0 Å². The van der Waals surface area contributed by atoms with Crippen LogP contribution in [0.3, 0.4) is 0 Å². The number of rotatable bonds is 4. The zero-order valence-corrected chi connectivity index (χ0v) is 25.7. The van der Waals surface area contributed by atoms with Gasteiger partial charge in [0, 0.05) is 32.2 Å². The van der Waals surface area contributed by atoms with Gasteiger partial charge in [-0.3, -0.25) is 4.57 Å². The standard InChI is InChI=1S/C40H28N4S/c1-40(2)32-22-27(36-18-11-21-45-36)19-20-28(32)30-23-31-29-16-9-10-17-34(29)44(35(31)24-33(30)40)39-42-37(25-12-5-3-6-13-25)41-38(43-39)26-14-7-4-8-15-26/h3-24H,1-2H3. The molecule has 0 unspecified atom stereocenters. The van der Waals surface area contributed by atoms with E-state index in [1.54, 1.807) is 11.3 Å². The van der Waals surface area contributed by atoms with Crippen molar-refractivity contribution in [3.05, 3.63) is 144 Å². The second-order valence-electron chi connectivity index (χ2n) is 12.1. The Balaban J connectivity index is 1.31. The highest BCUT2D eigenvalue weighted by atomic mass is 32.1. The van der Waals surface area contributed by atoms with Crippen molar-refractivity contribution in [1.29, 1.82) is 0 Å². The van der Waals surface area contributed by atoms with Crippen molar-refractivity contribution >= 4 is 33.1 Å². The fourth-order valence-corrected chi connectivity index (χ4v) is 7.63. The molecule has 9 rings (SSSR count).